The van der Waals surface area contributed by atoms with E-state index < -0.39 is 29.2 Å². The van der Waals surface area contributed by atoms with Crippen molar-refractivity contribution in [1.29, 1.82) is 0 Å². The number of anilines is 1. The Bertz CT molecular complexity index is 701. The van der Waals surface area contributed by atoms with Crippen molar-refractivity contribution in [3.05, 3.63) is 16.7 Å². The molecule has 0 bridgehead atoms. The van der Waals surface area contributed by atoms with Crippen LogP contribution in [0.2, 0.25) is 0 Å². The highest BCUT2D eigenvalue weighted by atomic mass is 32.1. The lowest BCUT2D eigenvalue weighted by Crippen LogP contribution is -2.30. The molecule has 20 heavy (non-hydrogen) atoms. The Kier molecular flexibility index (Phi) is 3.17. The number of nitrogens with one attached hydrogen (secondary N) is 1. The van der Waals surface area contributed by atoms with Gasteiger partial charge in [-0.25, -0.2) is 4.98 Å². The molecule has 5 N–H and O–H groups in total. The van der Waals surface area contributed by atoms with E-state index in [0.717, 1.165) is 0 Å². The lowest BCUT2D eigenvalue weighted by Gasteiger charge is -2.16. The van der Waals surface area contributed by atoms with Crippen molar-refractivity contribution >= 4 is 29.7 Å². The molecule has 108 valence electrons. The summed E-state index contributed by atoms with van der Waals surface area (Å²) in [5.74, 6) is -0.0442. The molecule has 1 saturated heterocycles. The third-order valence-electron chi connectivity index (χ3n) is 3.24. The Balaban J connectivity index is 2.09. The van der Waals surface area contributed by atoms with Gasteiger partial charge in [0.2, 0.25) is 5.95 Å². The van der Waals surface area contributed by atoms with Crippen LogP contribution in [-0.2, 0) is 4.74 Å². The van der Waals surface area contributed by atoms with Crippen molar-refractivity contribution in [2.24, 2.45) is 0 Å². The first-order valence-corrected chi connectivity index (χ1v) is 6.39. The van der Waals surface area contributed by atoms with Crippen molar-refractivity contribution in [3.8, 4) is 0 Å². The molecule has 1 aliphatic rings. The van der Waals surface area contributed by atoms with Crippen molar-refractivity contribution in [3.63, 3.8) is 0 Å². The Morgan fingerprint density at radius 1 is 1.60 bits per heavy atom. The standard InChI is InChI=1S/C10H13N5O4S/c11-10-13-7-4(8(18)14-10)12-2-15(7)9-6(20)5(17)3(1-16)19-9/h2-3,5-6,9,16-17,20H,1H2,(H3,11,13,14,18)/t3-,5?,6?,9-/m1/s1. The van der Waals surface area contributed by atoms with Gasteiger partial charge in [-0.05, 0) is 0 Å². The Hall–Kier alpha value is -1.62. The molecule has 1 aliphatic heterocycles. The van der Waals surface area contributed by atoms with Gasteiger partial charge >= 0.3 is 0 Å². The van der Waals surface area contributed by atoms with Gasteiger partial charge < -0.3 is 20.7 Å². The fourth-order valence-electron chi connectivity index (χ4n) is 2.24. The van der Waals surface area contributed by atoms with Crippen molar-refractivity contribution in [2.75, 3.05) is 12.3 Å². The Morgan fingerprint density at radius 2 is 2.35 bits per heavy atom. The molecule has 9 nitrogen and oxygen atoms in total. The number of hydrogen-bond donors (Lipinski definition) is 5. The van der Waals surface area contributed by atoms with Crippen LogP contribution in [0.25, 0.3) is 11.2 Å². The van der Waals surface area contributed by atoms with Crippen LogP contribution in [0.4, 0.5) is 5.95 Å². The average Bonchev–Trinajstić information content (AvgIpc) is 2.93. The van der Waals surface area contributed by atoms with Crippen LogP contribution in [0.15, 0.2) is 11.1 Å². The van der Waals surface area contributed by atoms with Crippen LogP contribution in [0, 0.1) is 0 Å². The molecular weight excluding hydrogens is 286 g/mol. The first-order valence-electron chi connectivity index (χ1n) is 5.87. The van der Waals surface area contributed by atoms with Gasteiger partial charge in [0.15, 0.2) is 17.4 Å². The topological polar surface area (TPSA) is 139 Å². The molecule has 0 spiro atoms. The lowest BCUT2D eigenvalue weighted by molar-refractivity contribution is -0.0430. The largest absolute Gasteiger partial charge is 0.394 e. The molecule has 0 saturated carbocycles. The van der Waals surface area contributed by atoms with E-state index in [2.05, 4.69) is 27.6 Å². The van der Waals surface area contributed by atoms with E-state index in [1.165, 1.54) is 10.9 Å². The number of aliphatic hydroxyl groups is 2. The van der Waals surface area contributed by atoms with E-state index in [-0.39, 0.29) is 23.7 Å². The molecule has 0 radical (unpaired) electrons. The summed E-state index contributed by atoms with van der Waals surface area (Å²) in [4.78, 5) is 22.0. The summed E-state index contributed by atoms with van der Waals surface area (Å²) < 4.78 is 6.99. The number of aliphatic hydroxyl groups excluding tert-OH is 2. The fraction of sp³-hybridized carbons (Fsp3) is 0.500. The molecule has 2 aromatic rings. The number of fused-ring (bicyclic) bond motifs is 1. The summed E-state index contributed by atoms with van der Waals surface area (Å²) in [6, 6.07) is 0. The number of aromatic amines is 1. The van der Waals surface area contributed by atoms with Crippen LogP contribution >= 0.6 is 12.6 Å². The van der Waals surface area contributed by atoms with Crippen molar-refractivity contribution < 1.29 is 14.9 Å². The third-order valence-corrected chi connectivity index (χ3v) is 3.80. The second-order valence-electron chi connectivity index (χ2n) is 4.50. The highest BCUT2D eigenvalue weighted by Crippen LogP contribution is 2.34. The number of nitrogens with two attached hydrogens (primary N) is 1. The summed E-state index contributed by atoms with van der Waals surface area (Å²) in [5.41, 5.74) is 5.40. The highest BCUT2D eigenvalue weighted by molar-refractivity contribution is 7.81. The number of thiol groups is 1. The summed E-state index contributed by atoms with van der Waals surface area (Å²) in [6.45, 7) is -0.336. The second kappa shape index (κ2) is 4.74. The molecule has 2 unspecified atom stereocenters. The van der Waals surface area contributed by atoms with Crippen LogP contribution in [0.5, 0.6) is 0 Å². The maximum absolute atomic E-state index is 11.7. The van der Waals surface area contributed by atoms with Gasteiger partial charge in [-0.1, -0.05) is 0 Å². The molecule has 2 aromatic heterocycles. The predicted molar refractivity (Wildman–Crippen MR) is 72.3 cm³/mol. The molecule has 0 amide bonds. The second-order valence-corrected chi connectivity index (χ2v) is 5.10. The number of ether oxygens (including phenoxy) is 1. The van der Waals surface area contributed by atoms with Crippen LogP contribution < -0.4 is 11.3 Å². The van der Waals surface area contributed by atoms with Gasteiger partial charge in [0, 0.05) is 0 Å². The Morgan fingerprint density at radius 3 is 3.00 bits per heavy atom. The van der Waals surface area contributed by atoms with E-state index >= 15 is 0 Å². The SMILES string of the molecule is Nc1nc2c(ncn2[C@@H]2O[C@H](CO)C(O)C2S)c(=O)[nH]1. The summed E-state index contributed by atoms with van der Waals surface area (Å²) in [7, 11) is 0. The monoisotopic (exact) mass is 299 g/mol. The van der Waals surface area contributed by atoms with E-state index in [9.17, 15) is 9.90 Å². The average molecular weight is 299 g/mol. The minimum absolute atomic E-state index is 0.0442. The fourth-order valence-corrected chi connectivity index (χ4v) is 2.65. The number of imidazole rings is 1. The van der Waals surface area contributed by atoms with Crippen molar-refractivity contribution in [1.82, 2.24) is 19.5 Å². The first kappa shape index (κ1) is 13.4. The van der Waals surface area contributed by atoms with Gasteiger partial charge in [0.25, 0.3) is 5.56 Å². The number of aromatic nitrogens is 4. The predicted octanol–water partition coefficient (Wildman–Crippen LogP) is -1.75. The van der Waals surface area contributed by atoms with Gasteiger partial charge in [0.1, 0.15) is 6.10 Å². The smallest absolute Gasteiger partial charge is 0.280 e. The maximum Gasteiger partial charge on any atom is 0.280 e. The van der Waals surface area contributed by atoms with Crippen LogP contribution in [0.3, 0.4) is 0 Å². The number of hydrogen-bond acceptors (Lipinski definition) is 8. The van der Waals surface area contributed by atoms with Crippen LogP contribution in [-0.4, -0.2) is 53.8 Å². The quantitative estimate of drug-likeness (QED) is 0.414. The van der Waals surface area contributed by atoms with E-state index in [1.54, 1.807) is 0 Å². The summed E-state index contributed by atoms with van der Waals surface area (Å²) >= 11 is 4.28. The van der Waals surface area contributed by atoms with E-state index in [4.69, 9.17) is 15.6 Å². The zero-order valence-electron chi connectivity index (χ0n) is 10.2. The summed E-state index contributed by atoms with van der Waals surface area (Å²) in [6.07, 6.45) is -1.03. The number of rotatable bonds is 2. The zero-order valence-corrected chi connectivity index (χ0v) is 11.1. The van der Waals surface area contributed by atoms with E-state index in [1.807, 2.05) is 0 Å². The molecule has 3 rings (SSSR count). The zero-order chi connectivity index (χ0) is 14.4. The van der Waals surface area contributed by atoms with Crippen LogP contribution in [0.1, 0.15) is 6.23 Å². The van der Waals surface area contributed by atoms with E-state index in [0.29, 0.717) is 0 Å². The molecular formula is C10H13N5O4S. The van der Waals surface area contributed by atoms with Gasteiger partial charge in [-0.2, -0.15) is 17.6 Å². The molecule has 3 heterocycles. The van der Waals surface area contributed by atoms with Crippen molar-refractivity contribution in [2.45, 2.75) is 23.7 Å². The normalized spacial score (nSPS) is 30.1. The number of nitrogen functional groups attached to an aromatic ring is 1. The lowest BCUT2D eigenvalue weighted by atomic mass is 10.2. The van der Waals surface area contributed by atoms with Gasteiger partial charge in [-0.3, -0.25) is 14.3 Å². The van der Waals surface area contributed by atoms with Gasteiger partial charge in [0.05, 0.1) is 24.3 Å². The maximum atomic E-state index is 11.7. The minimum Gasteiger partial charge on any atom is -0.394 e. The molecule has 10 heteroatoms. The number of nitrogens with zero attached hydrogens (tertiary/aromatic N) is 3. The highest BCUT2D eigenvalue weighted by Gasteiger charge is 2.43. The third kappa shape index (κ3) is 1.88. The first-order chi connectivity index (χ1) is 9.52. The molecule has 1 fully saturated rings. The Labute approximate surface area is 117 Å². The van der Waals surface area contributed by atoms with Gasteiger partial charge in [-0.15, -0.1) is 0 Å². The summed E-state index contributed by atoms with van der Waals surface area (Å²) in [5, 5.41) is 18.4. The molecule has 0 aliphatic carbocycles. The number of H-pyrrole nitrogens is 1. The minimum atomic E-state index is -0.940. The molecule has 4 atom stereocenters. The molecule has 0 aromatic carbocycles.